The fraction of sp³-hybridized carbons (Fsp3) is 0.944. The number of carboxylic acid groups (broad SMARTS) is 1. The van der Waals surface area contributed by atoms with E-state index < -0.39 is 5.97 Å². The maximum Gasteiger partial charge on any atom is 0.303 e. The van der Waals surface area contributed by atoms with Crippen LogP contribution >= 0.6 is 0 Å². The second-order valence-corrected chi connectivity index (χ2v) is 6.14. The third kappa shape index (κ3) is 19.4. The molecule has 0 unspecified atom stereocenters. The van der Waals surface area contributed by atoms with Crippen LogP contribution in [-0.2, 0) is 4.79 Å². The molecule has 0 rings (SSSR count). The van der Waals surface area contributed by atoms with Crippen LogP contribution in [0.4, 0.5) is 4.39 Å². The fourth-order valence-corrected chi connectivity index (χ4v) is 2.67. The Labute approximate surface area is 130 Å². The third-order valence-corrected chi connectivity index (χ3v) is 4.02. The molecule has 0 fully saturated rings. The molecule has 0 spiro atoms. The minimum atomic E-state index is -0.669. The molecule has 0 atom stereocenters. The van der Waals surface area contributed by atoms with Crippen molar-refractivity contribution in [2.24, 2.45) is 0 Å². The van der Waals surface area contributed by atoms with Crippen molar-refractivity contribution in [3.8, 4) is 0 Å². The molecule has 0 saturated carbocycles. The molecule has 0 aliphatic heterocycles. The van der Waals surface area contributed by atoms with Crippen LogP contribution in [0.5, 0.6) is 0 Å². The molecule has 1 N–H and O–H groups in total. The Morgan fingerprint density at radius 3 is 1.14 bits per heavy atom. The Morgan fingerprint density at radius 2 is 0.857 bits per heavy atom. The molecular weight excluding hydrogens is 267 g/mol. The van der Waals surface area contributed by atoms with Crippen molar-refractivity contribution in [3.05, 3.63) is 0 Å². The van der Waals surface area contributed by atoms with Gasteiger partial charge < -0.3 is 5.11 Å². The number of hydrogen-bond donors (Lipinski definition) is 1. The van der Waals surface area contributed by atoms with Crippen LogP contribution in [0.2, 0.25) is 0 Å². The highest BCUT2D eigenvalue weighted by atomic mass is 19.1. The molecule has 0 aromatic rings. The van der Waals surface area contributed by atoms with Gasteiger partial charge in [-0.1, -0.05) is 83.5 Å². The molecule has 0 radical (unpaired) electrons. The Morgan fingerprint density at radius 1 is 0.571 bits per heavy atom. The first-order valence-corrected chi connectivity index (χ1v) is 9.05. The van der Waals surface area contributed by atoms with Crippen LogP contribution in [0.15, 0.2) is 0 Å². The molecule has 0 aromatic carbocycles. The Kier molecular flexibility index (Phi) is 17.0. The van der Waals surface area contributed by atoms with Crippen molar-refractivity contribution >= 4 is 5.97 Å². The zero-order valence-electron chi connectivity index (χ0n) is 13.8. The van der Waals surface area contributed by atoms with E-state index in [4.69, 9.17) is 5.11 Å². The second kappa shape index (κ2) is 17.5. The standard InChI is InChI=1S/C18H35FO2/c19-17-15-13-11-9-7-5-3-1-2-4-6-8-10-12-14-16-18(20)21/h1-17H2,(H,20,21). The maximum atomic E-state index is 11.9. The number of carboxylic acids is 1. The van der Waals surface area contributed by atoms with E-state index in [0.29, 0.717) is 6.42 Å². The van der Waals surface area contributed by atoms with Gasteiger partial charge in [-0.25, -0.2) is 0 Å². The molecule has 0 aromatic heterocycles. The van der Waals surface area contributed by atoms with Crippen molar-refractivity contribution in [2.45, 2.75) is 103 Å². The lowest BCUT2D eigenvalue weighted by molar-refractivity contribution is -0.137. The number of aliphatic carboxylic acids is 1. The minimum absolute atomic E-state index is 0.153. The van der Waals surface area contributed by atoms with E-state index in [1.54, 1.807) is 0 Å². The number of alkyl halides is 1. The van der Waals surface area contributed by atoms with Gasteiger partial charge >= 0.3 is 5.97 Å². The Bertz CT molecular complexity index is 219. The van der Waals surface area contributed by atoms with Crippen molar-refractivity contribution in [1.29, 1.82) is 0 Å². The first-order valence-electron chi connectivity index (χ1n) is 9.05. The summed E-state index contributed by atoms with van der Waals surface area (Å²) >= 11 is 0. The Balaban J connectivity index is 2.95. The molecule has 0 aliphatic rings. The summed E-state index contributed by atoms with van der Waals surface area (Å²) in [5.74, 6) is -0.669. The monoisotopic (exact) mass is 302 g/mol. The van der Waals surface area contributed by atoms with E-state index in [-0.39, 0.29) is 6.67 Å². The molecule has 2 nitrogen and oxygen atoms in total. The van der Waals surface area contributed by atoms with Gasteiger partial charge in [0.15, 0.2) is 0 Å². The predicted octanol–water partition coefficient (Wildman–Crippen LogP) is 6.28. The van der Waals surface area contributed by atoms with Gasteiger partial charge in [0.1, 0.15) is 0 Å². The molecule has 0 bridgehead atoms. The van der Waals surface area contributed by atoms with Gasteiger partial charge in [0.05, 0.1) is 6.67 Å². The van der Waals surface area contributed by atoms with Crippen molar-refractivity contribution in [1.82, 2.24) is 0 Å². The highest BCUT2D eigenvalue weighted by Gasteiger charge is 1.97. The highest BCUT2D eigenvalue weighted by molar-refractivity contribution is 5.66. The Hall–Kier alpha value is -0.600. The molecule has 3 heteroatoms. The average molecular weight is 302 g/mol. The molecule has 21 heavy (non-hydrogen) atoms. The lowest BCUT2D eigenvalue weighted by atomic mass is 10.0. The summed E-state index contributed by atoms with van der Waals surface area (Å²) in [5.41, 5.74) is 0. The van der Waals surface area contributed by atoms with E-state index in [0.717, 1.165) is 25.7 Å². The predicted molar refractivity (Wildman–Crippen MR) is 87.5 cm³/mol. The summed E-state index contributed by atoms with van der Waals surface area (Å²) in [6.07, 6.45) is 18.3. The van der Waals surface area contributed by atoms with Crippen LogP contribution in [0.25, 0.3) is 0 Å². The minimum Gasteiger partial charge on any atom is -0.481 e. The van der Waals surface area contributed by atoms with Crippen LogP contribution in [0.1, 0.15) is 103 Å². The number of halogens is 1. The highest BCUT2D eigenvalue weighted by Crippen LogP contribution is 2.13. The summed E-state index contributed by atoms with van der Waals surface area (Å²) in [6.45, 7) is -0.153. The lowest BCUT2D eigenvalue weighted by Gasteiger charge is -2.03. The summed E-state index contributed by atoms with van der Waals surface area (Å²) in [5, 5.41) is 8.51. The topological polar surface area (TPSA) is 37.3 Å². The zero-order valence-corrected chi connectivity index (χ0v) is 13.8. The summed E-state index contributed by atoms with van der Waals surface area (Å²) < 4.78 is 11.9. The smallest absolute Gasteiger partial charge is 0.303 e. The number of carbonyl (C=O) groups is 1. The normalized spacial score (nSPS) is 10.9. The maximum absolute atomic E-state index is 11.9. The van der Waals surface area contributed by atoms with Crippen molar-refractivity contribution in [3.63, 3.8) is 0 Å². The van der Waals surface area contributed by atoms with Gasteiger partial charge in [0, 0.05) is 6.42 Å². The molecule has 0 amide bonds. The average Bonchev–Trinajstić information content (AvgIpc) is 2.46. The van der Waals surface area contributed by atoms with Crippen LogP contribution < -0.4 is 0 Å². The van der Waals surface area contributed by atoms with E-state index in [1.807, 2.05) is 0 Å². The van der Waals surface area contributed by atoms with E-state index >= 15 is 0 Å². The van der Waals surface area contributed by atoms with E-state index in [2.05, 4.69) is 0 Å². The van der Waals surface area contributed by atoms with Gasteiger partial charge in [-0.05, 0) is 12.8 Å². The first-order chi connectivity index (χ1) is 10.3. The number of rotatable bonds is 17. The SMILES string of the molecule is O=C(O)CCCCCCCCCCCCCCCCCF. The number of unbranched alkanes of at least 4 members (excludes halogenated alkanes) is 14. The largest absolute Gasteiger partial charge is 0.481 e. The first kappa shape index (κ1) is 20.4. The number of hydrogen-bond acceptors (Lipinski definition) is 1. The lowest BCUT2D eigenvalue weighted by Crippen LogP contribution is -1.93. The summed E-state index contributed by atoms with van der Waals surface area (Å²) in [7, 11) is 0. The van der Waals surface area contributed by atoms with Gasteiger partial charge in [-0.3, -0.25) is 9.18 Å². The van der Waals surface area contributed by atoms with Gasteiger partial charge in [-0.2, -0.15) is 0 Å². The molecule has 0 heterocycles. The van der Waals surface area contributed by atoms with Crippen LogP contribution in [-0.4, -0.2) is 17.8 Å². The second-order valence-electron chi connectivity index (χ2n) is 6.14. The van der Waals surface area contributed by atoms with Crippen molar-refractivity contribution < 1.29 is 14.3 Å². The molecular formula is C18H35FO2. The van der Waals surface area contributed by atoms with Gasteiger partial charge in [0.25, 0.3) is 0 Å². The summed E-state index contributed by atoms with van der Waals surface area (Å²) in [4.78, 5) is 10.3. The quantitative estimate of drug-likeness (QED) is 0.321. The molecule has 126 valence electrons. The zero-order chi connectivity index (χ0) is 15.6. The van der Waals surface area contributed by atoms with Crippen LogP contribution in [0.3, 0.4) is 0 Å². The summed E-state index contributed by atoms with van der Waals surface area (Å²) in [6, 6.07) is 0. The van der Waals surface area contributed by atoms with Gasteiger partial charge in [0.2, 0.25) is 0 Å². The third-order valence-electron chi connectivity index (χ3n) is 4.02. The van der Waals surface area contributed by atoms with Crippen molar-refractivity contribution in [2.75, 3.05) is 6.67 Å². The molecule has 0 aliphatic carbocycles. The van der Waals surface area contributed by atoms with Gasteiger partial charge in [-0.15, -0.1) is 0 Å². The fourth-order valence-electron chi connectivity index (χ4n) is 2.67. The van der Waals surface area contributed by atoms with Crippen LogP contribution in [0, 0.1) is 0 Å². The molecule has 0 saturated heterocycles. The van der Waals surface area contributed by atoms with E-state index in [9.17, 15) is 9.18 Å². The van der Waals surface area contributed by atoms with E-state index in [1.165, 1.54) is 70.6 Å².